The van der Waals surface area contributed by atoms with E-state index in [1.54, 1.807) is 4.90 Å². The Morgan fingerprint density at radius 1 is 1.17 bits per heavy atom. The van der Waals surface area contributed by atoms with Crippen molar-refractivity contribution in [2.75, 3.05) is 51.5 Å². The minimum absolute atomic E-state index is 0.00584. The van der Waals surface area contributed by atoms with Crippen molar-refractivity contribution in [1.82, 2.24) is 20.3 Å². The van der Waals surface area contributed by atoms with Crippen LogP contribution in [0.15, 0.2) is 24.3 Å². The van der Waals surface area contributed by atoms with Gasteiger partial charge in [0.25, 0.3) is 0 Å². The second-order valence-corrected chi connectivity index (χ2v) is 12.3. The number of halogens is 2. The van der Waals surface area contributed by atoms with Gasteiger partial charge in [0, 0.05) is 35.5 Å². The molecule has 46 heavy (non-hydrogen) atoms. The van der Waals surface area contributed by atoms with Crippen molar-refractivity contribution in [1.29, 1.82) is 0 Å². The molecule has 0 amide bonds. The van der Waals surface area contributed by atoms with Crippen LogP contribution in [0.25, 0.3) is 32.9 Å². The minimum Gasteiger partial charge on any atom is -0.508 e. The Kier molecular flexibility index (Phi) is 8.00. The van der Waals surface area contributed by atoms with Crippen LogP contribution >= 0.6 is 0 Å². The molecule has 3 aliphatic rings. The van der Waals surface area contributed by atoms with Crippen molar-refractivity contribution >= 4 is 27.5 Å². The highest BCUT2D eigenvalue weighted by atomic mass is 19.1. The number of phenolic OH excluding ortho intramolecular Hbond substituents is 1. The molecular formula is C34H35F2N5O5. The van der Waals surface area contributed by atoms with E-state index in [-0.39, 0.29) is 75.1 Å². The quantitative estimate of drug-likeness (QED) is 0.265. The molecule has 10 nitrogen and oxygen atoms in total. The van der Waals surface area contributed by atoms with Gasteiger partial charge in [0.1, 0.15) is 34.0 Å². The maximum Gasteiger partial charge on any atom is 0.319 e. The number of aliphatic hydroxyl groups is 1. The van der Waals surface area contributed by atoms with E-state index in [1.165, 1.54) is 31.4 Å². The zero-order valence-corrected chi connectivity index (χ0v) is 25.5. The van der Waals surface area contributed by atoms with E-state index in [0.29, 0.717) is 31.2 Å². The molecule has 2 aromatic heterocycles. The second-order valence-electron chi connectivity index (χ2n) is 12.3. The molecule has 2 aliphatic heterocycles. The van der Waals surface area contributed by atoms with Gasteiger partial charge in [-0.3, -0.25) is 0 Å². The average molecular weight is 632 g/mol. The largest absolute Gasteiger partial charge is 0.508 e. The normalized spacial score (nSPS) is 23.2. The number of ether oxygens (including phenoxy) is 3. The number of aromatic hydroxyl groups is 1. The molecule has 3 N–H and O–H groups in total. The number of anilines is 1. The number of nitrogens with one attached hydrogen (secondary N) is 1. The smallest absolute Gasteiger partial charge is 0.319 e. The first kappa shape index (κ1) is 30.3. The van der Waals surface area contributed by atoms with Gasteiger partial charge in [-0.25, -0.2) is 13.8 Å². The molecular weight excluding hydrogens is 596 g/mol. The number of hydrogen-bond donors (Lipinski definition) is 3. The molecule has 0 bridgehead atoms. The van der Waals surface area contributed by atoms with Crippen LogP contribution in [0, 0.1) is 29.4 Å². The summed E-state index contributed by atoms with van der Waals surface area (Å²) in [5.74, 6) is 0.921. The molecule has 4 heterocycles. The number of phenols is 1. The molecule has 12 heteroatoms. The van der Waals surface area contributed by atoms with Crippen LogP contribution < -0.4 is 19.7 Å². The highest BCUT2D eigenvalue weighted by Gasteiger charge is 2.45. The summed E-state index contributed by atoms with van der Waals surface area (Å²) in [6.07, 6.45) is 10.1. The predicted molar refractivity (Wildman–Crippen MR) is 168 cm³/mol. The number of β-amino-alcohol motifs (C(OH)–C–C–N with tert-alkyl or cyclic N) is 1. The lowest BCUT2D eigenvalue weighted by Gasteiger charge is -2.39. The zero-order valence-electron chi connectivity index (χ0n) is 25.5. The summed E-state index contributed by atoms with van der Waals surface area (Å²) in [5.41, 5.74) is -0.473. The van der Waals surface area contributed by atoms with Crippen molar-refractivity contribution in [3.05, 3.63) is 41.5 Å². The van der Waals surface area contributed by atoms with Crippen molar-refractivity contribution in [2.45, 2.75) is 44.2 Å². The lowest BCUT2D eigenvalue weighted by atomic mass is 9.76. The molecule has 3 fully saturated rings. The van der Waals surface area contributed by atoms with Gasteiger partial charge < -0.3 is 34.6 Å². The SMILES string of the molecule is C#Cc1c(F)ccc2cc(O)cc(-c3nc(OC)c4c(N5CCOCC(O)C5)nc(OCC56CCCNC5CCC6)nc4c3F)c12. The van der Waals surface area contributed by atoms with E-state index in [2.05, 4.69) is 21.2 Å². The van der Waals surface area contributed by atoms with Gasteiger partial charge in [0.05, 0.1) is 38.6 Å². The lowest BCUT2D eigenvalue weighted by Crippen LogP contribution is -2.49. The van der Waals surface area contributed by atoms with Crippen molar-refractivity contribution < 1.29 is 33.2 Å². The third kappa shape index (κ3) is 5.22. The average Bonchev–Trinajstić information content (AvgIpc) is 3.37. The van der Waals surface area contributed by atoms with E-state index >= 15 is 4.39 Å². The summed E-state index contributed by atoms with van der Waals surface area (Å²) in [6, 6.07) is 5.67. The van der Waals surface area contributed by atoms with Crippen LogP contribution in [0.4, 0.5) is 14.6 Å². The third-order valence-corrected chi connectivity index (χ3v) is 9.54. The highest BCUT2D eigenvalue weighted by molar-refractivity contribution is 6.04. The Bertz CT molecular complexity index is 1870. The molecule has 0 spiro atoms. The second kappa shape index (κ2) is 12.1. The zero-order chi connectivity index (χ0) is 32.0. The number of pyridine rings is 1. The van der Waals surface area contributed by atoms with Gasteiger partial charge in [-0.1, -0.05) is 18.4 Å². The number of aromatic nitrogens is 3. The molecule has 2 saturated heterocycles. The Balaban J connectivity index is 1.44. The standard InChI is InChI=1S/C34H35F2N5O5/c1-3-22-24(35)8-7-19-14-20(42)15-23(26(19)22)29-28(36)30-27(32(38-29)44-2)31(41-12-13-45-17-21(43)16-41)40-33(39-30)46-18-34-9-4-6-25(34)37-11-5-10-34/h1,7-8,14-15,21,25,37,42-43H,4-6,9-13,16-18H2,2H3. The molecule has 1 aliphatic carbocycles. The molecule has 3 atom stereocenters. The van der Waals surface area contributed by atoms with Crippen LogP contribution in [0.2, 0.25) is 0 Å². The van der Waals surface area contributed by atoms with Crippen LogP contribution in [0.3, 0.4) is 0 Å². The van der Waals surface area contributed by atoms with Gasteiger partial charge in [-0.05, 0) is 55.8 Å². The Morgan fingerprint density at radius 2 is 2.02 bits per heavy atom. The van der Waals surface area contributed by atoms with E-state index in [1.807, 2.05) is 0 Å². The van der Waals surface area contributed by atoms with Crippen LogP contribution in [-0.2, 0) is 4.74 Å². The fourth-order valence-electron chi connectivity index (χ4n) is 7.39. The molecule has 2 aromatic carbocycles. The van der Waals surface area contributed by atoms with Crippen LogP contribution in [-0.4, -0.2) is 83.9 Å². The number of methoxy groups -OCH3 is 1. The van der Waals surface area contributed by atoms with E-state index in [9.17, 15) is 14.6 Å². The molecule has 7 rings (SSSR count). The number of aliphatic hydroxyl groups excluding tert-OH is 1. The molecule has 4 aromatic rings. The van der Waals surface area contributed by atoms with E-state index in [0.717, 1.165) is 38.6 Å². The van der Waals surface area contributed by atoms with Crippen molar-refractivity contribution in [3.8, 4) is 41.2 Å². The number of benzene rings is 2. The molecule has 0 radical (unpaired) electrons. The number of piperidine rings is 1. The monoisotopic (exact) mass is 631 g/mol. The molecule has 1 saturated carbocycles. The Labute approximate surface area is 264 Å². The first-order valence-electron chi connectivity index (χ1n) is 15.6. The summed E-state index contributed by atoms with van der Waals surface area (Å²) >= 11 is 0. The van der Waals surface area contributed by atoms with Crippen molar-refractivity contribution in [3.63, 3.8) is 0 Å². The Morgan fingerprint density at radius 3 is 2.85 bits per heavy atom. The first-order chi connectivity index (χ1) is 22.3. The summed E-state index contributed by atoms with van der Waals surface area (Å²) in [5, 5.41) is 25.6. The summed E-state index contributed by atoms with van der Waals surface area (Å²) in [7, 11) is 1.39. The van der Waals surface area contributed by atoms with Crippen LogP contribution in [0.1, 0.15) is 37.7 Å². The number of fused-ring (bicyclic) bond motifs is 3. The van der Waals surface area contributed by atoms with Gasteiger partial charge in [-0.2, -0.15) is 9.97 Å². The summed E-state index contributed by atoms with van der Waals surface area (Å²) < 4.78 is 49.5. The lowest BCUT2D eigenvalue weighted by molar-refractivity contribution is 0.0597. The Hall–Kier alpha value is -4.31. The number of rotatable bonds is 6. The van der Waals surface area contributed by atoms with Gasteiger partial charge in [-0.15, -0.1) is 6.42 Å². The molecule has 240 valence electrons. The van der Waals surface area contributed by atoms with E-state index in [4.69, 9.17) is 25.6 Å². The fourth-order valence-corrected chi connectivity index (χ4v) is 7.39. The molecule has 3 unspecified atom stereocenters. The van der Waals surface area contributed by atoms with Crippen LogP contribution in [0.5, 0.6) is 17.6 Å². The van der Waals surface area contributed by atoms with Crippen molar-refractivity contribution in [2.24, 2.45) is 5.41 Å². The predicted octanol–water partition coefficient (Wildman–Crippen LogP) is 4.32. The number of hydrogen-bond acceptors (Lipinski definition) is 10. The summed E-state index contributed by atoms with van der Waals surface area (Å²) in [4.78, 5) is 15.6. The summed E-state index contributed by atoms with van der Waals surface area (Å²) in [6.45, 7) is 2.30. The van der Waals surface area contributed by atoms with Gasteiger partial charge in [0.15, 0.2) is 5.82 Å². The highest BCUT2D eigenvalue weighted by Crippen LogP contribution is 2.45. The minimum atomic E-state index is -0.855. The maximum absolute atomic E-state index is 17.0. The number of nitrogens with zero attached hydrogens (tertiary/aromatic N) is 4. The van der Waals surface area contributed by atoms with Gasteiger partial charge in [0.2, 0.25) is 5.88 Å². The maximum atomic E-state index is 17.0. The first-order valence-corrected chi connectivity index (χ1v) is 15.6. The van der Waals surface area contributed by atoms with E-state index < -0.39 is 17.7 Å². The number of terminal acetylenes is 1. The topological polar surface area (TPSA) is 122 Å². The fraction of sp³-hybridized carbons (Fsp3) is 0.441. The van der Waals surface area contributed by atoms with Gasteiger partial charge >= 0.3 is 6.01 Å². The third-order valence-electron chi connectivity index (χ3n) is 9.54.